The van der Waals surface area contributed by atoms with Crippen LogP contribution >= 0.6 is 0 Å². The van der Waals surface area contributed by atoms with Crippen molar-refractivity contribution < 1.29 is 18.8 Å². The second-order valence-electron chi connectivity index (χ2n) is 3.93. The minimum atomic E-state index is -1.01. The summed E-state index contributed by atoms with van der Waals surface area (Å²) in [5.41, 5.74) is 5.25. The Bertz CT molecular complexity index is 478. The van der Waals surface area contributed by atoms with Gasteiger partial charge in [0.05, 0.1) is 6.42 Å². The van der Waals surface area contributed by atoms with Crippen LogP contribution in [-0.2, 0) is 11.2 Å². The van der Waals surface area contributed by atoms with E-state index in [4.69, 9.17) is 10.9 Å². The van der Waals surface area contributed by atoms with E-state index in [1.165, 1.54) is 12.1 Å². The second-order valence-corrected chi connectivity index (χ2v) is 3.93. The Balaban J connectivity index is 2.37. The molecule has 7 heteroatoms. The van der Waals surface area contributed by atoms with Gasteiger partial charge in [-0.15, -0.1) is 0 Å². The zero-order valence-corrected chi connectivity index (χ0v) is 10.2. The first-order valence-corrected chi connectivity index (χ1v) is 5.70. The molecule has 4 N–H and O–H groups in total. The average Bonchev–Trinajstić information content (AvgIpc) is 2.39. The molecule has 0 aromatic heterocycles. The zero-order valence-electron chi connectivity index (χ0n) is 10.2. The maximum Gasteiger partial charge on any atom is 0.224 e. The fourth-order valence-electron chi connectivity index (χ4n) is 1.47. The number of nitrogens with one attached hydrogen (secondary N) is 1. The predicted molar refractivity (Wildman–Crippen MR) is 65.7 cm³/mol. The molecule has 0 fully saturated rings. The third-order valence-electron chi connectivity index (χ3n) is 2.44. The minimum Gasteiger partial charge on any atom is -0.409 e. The monoisotopic (exact) mass is 271 g/mol. The number of nitrogens with two attached hydrogens (primary N) is 1. The van der Waals surface area contributed by atoms with Gasteiger partial charge in [-0.1, -0.05) is 17.3 Å². The van der Waals surface area contributed by atoms with Gasteiger partial charge in [0.25, 0.3) is 0 Å². The molecule has 1 aromatic rings. The van der Waals surface area contributed by atoms with Gasteiger partial charge < -0.3 is 16.3 Å². The molecule has 1 rings (SSSR count). The van der Waals surface area contributed by atoms with Crippen molar-refractivity contribution >= 4 is 11.7 Å². The molecule has 0 saturated carbocycles. The van der Waals surface area contributed by atoms with E-state index < -0.39 is 17.5 Å². The smallest absolute Gasteiger partial charge is 0.224 e. The highest BCUT2D eigenvalue weighted by Gasteiger charge is 2.11. The van der Waals surface area contributed by atoms with E-state index in [0.29, 0.717) is 19.4 Å². The number of carbonyl (C=O) groups is 1. The van der Waals surface area contributed by atoms with Crippen LogP contribution in [0.3, 0.4) is 0 Å². The van der Waals surface area contributed by atoms with Crippen LogP contribution in [0.5, 0.6) is 0 Å². The standard InChI is InChI=1S/C12H15F2N3O2/c13-9-4-1-3-8(12(9)14)7-11(18)16-6-2-5-10(15)17-19/h1,3-4,19H,2,5-7H2,(H2,15,17)(H,16,18). The maximum atomic E-state index is 13.3. The number of rotatable bonds is 6. The summed E-state index contributed by atoms with van der Waals surface area (Å²) in [5.74, 6) is -2.32. The van der Waals surface area contributed by atoms with Crippen LogP contribution in [-0.4, -0.2) is 23.5 Å². The normalized spacial score (nSPS) is 11.4. The van der Waals surface area contributed by atoms with Crippen molar-refractivity contribution in [1.82, 2.24) is 5.32 Å². The summed E-state index contributed by atoms with van der Waals surface area (Å²) in [7, 11) is 0. The number of nitrogens with zero attached hydrogens (tertiary/aromatic N) is 1. The summed E-state index contributed by atoms with van der Waals surface area (Å²) < 4.78 is 26.2. The Kier molecular flexibility index (Phi) is 5.72. The number of oxime groups is 1. The summed E-state index contributed by atoms with van der Waals surface area (Å²) in [6.07, 6.45) is 0.603. The molecule has 0 radical (unpaired) electrons. The molecule has 0 aliphatic heterocycles. The van der Waals surface area contributed by atoms with Crippen molar-refractivity contribution in [2.45, 2.75) is 19.3 Å². The van der Waals surface area contributed by atoms with Gasteiger partial charge in [0.15, 0.2) is 11.6 Å². The highest BCUT2D eigenvalue weighted by atomic mass is 19.2. The number of carbonyl (C=O) groups excluding carboxylic acids is 1. The topological polar surface area (TPSA) is 87.7 Å². The summed E-state index contributed by atoms with van der Waals surface area (Å²) in [4.78, 5) is 11.5. The van der Waals surface area contributed by atoms with Gasteiger partial charge in [0, 0.05) is 18.5 Å². The summed E-state index contributed by atoms with van der Waals surface area (Å²) in [6, 6.07) is 3.70. The molecule has 104 valence electrons. The van der Waals surface area contributed by atoms with Crippen LogP contribution in [0, 0.1) is 11.6 Å². The number of amides is 1. The van der Waals surface area contributed by atoms with Gasteiger partial charge >= 0.3 is 0 Å². The lowest BCUT2D eigenvalue weighted by atomic mass is 10.1. The SMILES string of the molecule is NC(CCCNC(=O)Cc1cccc(F)c1F)=NO. The molecule has 0 heterocycles. The minimum absolute atomic E-state index is 0.00827. The molecule has 1 amide bonds. The lowest BCUT2D eigenvalue weighted by Gasteiger charge is -2.06. The first-order valence-electron chi connectivity index (χ1n) is 5.70. The van der Waals surface area contributed by atoms with Gasteiger partial charge in [-0.05, 0) is 12.5 Å². The van der Waals surface area contributed by atoms with E-state index in [-0.39, 0.29) is 17.8 Å². The quantitative estimate of drug-likeness (QED) is 0.238. The van der Waals surface area contributed by atoms with Gasteiger partial charge in [-0.3, -0.25) is 4.79 Å². The molecule has 0 aliphatic carbocycles. The summed E-state index contributed by atoms with van der Waals surface area (Å²) in [5, 5.41) is 13.6. The molecule has 0 unspecified atom stereocenters. The Morgan fingerprint density at radius 1 is 1.42 bits per heavy atom. The van der Waals surface area contributed by atoms with Crippen LogP contribution in [0.15, 0.2) is 23.4 Å². The van der Waals surface area contributed by atoms with Crippen LogP contribution < -0.4 is 11.1 Å². The number of benzene rings is 1. The van der Waals surface area contributed by atoms with Gasteiger partial charge in [-0.2, -0.15) is 0 Å². The van der Waals surface area contributed by atoms with Crippen molar-refractivity contribution in [3.63, 3.8) is 0 Å². The molecule has 0 bridgehead atoms. The van der Waals surface area contributed by atoms with Crippen LogP contribution in [0.2, 0.25) is 0 Å². The van der Waals surface area contributed by atoms with E-state index in [2.05, 4.69) is 10.5 Å². The molecular formula is C12H15F2N3O2. The number of hydrogen-bond acceptors (Lipinski definition) is 3. The van der Waals surface area contributed by atoms with Gasteiger partial charge in [0.2, 0.25) is 5.91 Å². The number of halogens is 2. The summed E-state index contributed by atoms with van der Waals surface area (Å²) >= 11 is 0. The maximum absolute atomic E-state index is 13.3. The van der Waals surface area contributed by atoms with Crippen molar-refractivity contribution in [2.24, 2.45) is 10.9 Å². The zero-order chi connectivity index (χ0) is 14.3. The largest absolute Gasteiger partial charge is 0.409 e. The van der Waals surface area contributed by atoms with Crippen LogP contribution in [0.25, 0.3) is 0 Å². The van der Waals surface area contributed by atoms with E-state index in [0.717, 1.165) is 6.07 Å². The van der Waals surface area contributed by atoms with E-state index in [9.17, 15) is 13.6 Å². The van der Waals surface area contributed by atoms with Crippen molar-refractivity contribution in [1.29, 1.82) is 0 Å². The van der Waals surface area contributed by atoms with Crippen LogP contribution in [0.1, 0.15) is 18.4 Å². The van der Waals surface area contributed by atoms with Crippen LogP contribution in [0.4, 0.5) is 8.78 Å². The van der Waals surface area contributed by atoms with E-state index in [1.54, 1.807) is 0 Å². The number of amidine groups is 1. The molecule has 19 heavy (non-hydrogen) atoms. The summed E-state index contributed by atoms with van der Waals surface area (Å²) in [6.45, 7) is 0.311. The Morgan fingerprint density at radius 3 is 2.84 bits per heavy atom. The highest BCUT2D eigenvalue weighted by molar-refractivity contribution is 5.80. The fraction of sp³-hybridized carbons (Fsp3) is 0.333. The first-order chi connectivity index (χ1) is 9.04. The van der Waals surface area contributed by atoms with E-state index in [1.807, 2.05) is 0 Å². The Hall–Kier alpha value is -2.18. The Morgan fingerprint density at radius 2 is 2.16 bits per heavy atom. The molecule has 0 saturated heterocycles. The van der Waals surface area contributed by atoms with Gasteiger partial charge in [-0.25, -0.2) is 8.78 Å². The van der Waals surface area contributed by atoms with Crippen molar-refractivity contribution in [3.05, 3.63) is 35.4 Å². The van der Waals surface area contributed by atoms with E-state index >= 15 is 0 Å². The molecular weight excluding hydrogens is 256 g/mol. The van der Waals surface area contributed by atoms with Crippen molar-refractivity contribution in [3.8, 4) is 0 Å². The molecule has 5 nitrogen and oxygen atoms in total. The molecule has 0 aliphatic rings. The molecule has 1 aromatic carbocycles. The third kappa shape index (κ3) is 4.90. The lowest BCUT2D eigenvalue weighted by molar-refractivity contribution is -0.120. The number of hydrogen-bond donors (Lipinski definition) is 3. The molecule has 0 spiro atoms. The predicted octanol–water partition coefficient (Wildman–Crippen LogP) is 1.15. The van der Waals surface area contributed by atoms with Crippen molar-refractivity contribution in [2.75, 3.05) is 6.54 Å². The fourth-order valence-corrected chi connectivity index (χ4v) is 1.47. The average molecular weight is 271 g/mol. The Labute approximate surface area is 109 Å². The first kappa shape index (κ1) is 14.9. The lowest BCUT2D eigenvalue weighted by Crippen LogP contribution is -2.27. The highest BCUT2D eigenvalue weighted by Crippen LogP contribution is 2.11. The molecule has 0 atom stereocenters. The third-order valence-corrected chi connectivity index (χ3v) is 2.44. The second kappa shape index (κ2) is 7.30. The van der Waals surface area contributed by atoms with Gasteiger partial charge in [0.1, 0.15) is 5.84 Å².